The molecule has 2 rings (SSSR count). The number of hydrogen-bond donors (Lipinski definition) is 1. The van der Waals surface area contributed by atoms with Crippen molar-refractivity contribution < 1.29 is 4.74 Å². The SMILES string of the molecule is COc1cc(C)c(C2(N)CC(C)CC(C)C2)cc1C. The molecule has 1 aromatic carbocycles. The molecule has 2 unspecified atom stereocenters. The summed E-state index contributed by atoms with van der Waals surface area (Å²) in [5, 5.41) is 0. The molecule has 106 valence electrons. The van der Waals surface area contributed by atoms with Crippen molar-refractivity contribution in [2.75, 3.05) is 7.11 Å². The van der Waals surface area contributed by atoms with E-state index in [4.69, 9.17) is 10.5 Å². The van der Waals surface area contributed by atoms with E-state index in [1.54, 1.807) is 7.11 Å². The molecule has 0 aliphatic heterocycles. The molecular weight excluding hydrogens is 234 g/mol. The molecule has 2 nitrogen and oxygen atoms in total. The van der Waals surface area contributed by atoms with Crippen LogP contribution in [0.1, 0.15) is 49.8 Å². The second-order valence-electron chi connectivity index (χ2n) is 6.65. The van der Waals surface area contributed by atoms with Crippen LogP contribution in [0.3, 0.4) is 0 Å². The lowest BCUT2D eigenvalue weighted by atomic mass is 9.68. The van der Waals surface area contributed by atoms with Gasteiger partial charge in [-0.1, -0.05) is 19.9 Å². The van der Waals surface area contributed by atoms with Gasteiger partial charge in [0.05, 0.1) is 7.11 Å². The van der Waals surface area contributed by atoms with E-state index in [1.807, 2.05) is 0 Å². The van der Waals surface area contributed by atoms with E-state index >= 15 is 0 Å². The number of rotatable bonds is 2. The van der Waals surface area contributed by atoms with Crippen LogP contribution in [0.4, 0.5) is 0 Å². The van der Waals surface area contributed by atoms with Gasteiger partial charge in [0, 0.05) is 5.54 Å². The van der Waals surface area contributed by atoms with Crippen molar-refractivity contribution in [3.8, 4) is 5.75 Å². The maximum Gasteiger partial charge on any atom is 0.122 e. The Labute approximate surface area is 117 Å². The number of hydrogen-bond acceptors (Lipinski definition) is 2. The molecule has 0 amide bonds. The topological polar surface area (TPSA) is 35.2 Å². The summed E-state index contributed by atoms with van der Waals surface area (Å²) in [7, 11) is 1.73. The van der Waals surface area contributed by atoms with Crippen LogP contribution in [0, 0.1) is 25.7 Å². The van der Waals surface area contributed by atoms with Gasteiger partial charge in [0.1, 0.15) is 5.75 Å². The zero-order valence-corrected chi connectivity index (χ0v) is 12.9. The summed E-state index contributed by atoms with van der Waals surface area (Å²) in [6.45, 7) is 8.89. The molecule has 1 fully saturated rings. The van der Waals surface area contributed by atoms with E-state index in [1.165, 1.54) is 23.1 Å². The number of benzene rings is 1. The van der Waals surface area contributed by atoms with Crippen molar-refractivity contribution in [3.63, 3.8) is 0 Å². The molecule has 0 heterocycles. The summed E-state index contributed by atoms with van der Waals surface area (Å²) < 4.78 is 5.40. The summed E-state index contributed by atoms with van der Waals surface area (Å²) in [6, 6.07) is 4.36. The first-order valence-corrected chi connectivity index (χ1v) is 7.30. The summed E-state index contributed by atoms with van der Waals surface area (Å²) >= 11 is 0. The first kappa shape index (κ1) is 14.4. The third kappa shape index (κ3) is 2.79. The smallest absolute Gasteiger partial charge is 0.122 e. The Balaban J connectivity index is 2.42. The van der Waals surface area contributed by atoms with Gasteiger partial charge in [-0.05, 0) is 67.7 Å². The fourth-order valence-corrected chi connectivity index (χ4v) is 3.95. The maximum atomic E-state index is 6.78. The van der Waals surface area contributed by atoms with Gasteiger partial charge < -0.3 is 10.5 Å². The van der Waals surface area contributed by atoms with E-state index in [2.05, 4.69) is 39.8 Å². The zero-order valence-electron chi connectivity index (χ0n) is 12.9. The molecule has 0 saturated heterocycles. The lowest BCUT2D eigenvalue weighted by Gasteiger charge is -2.41. The highest BCUT2D eigenvalue weighted by molar-refractivity contribution is 5.44. The summed E-state index contributed by atoms with van der Waals surface area (Å²) in [5.41, 5.74) is 10.4. The monoisotopic (exact) mass is 261 g/mol. The molecule has 19 heavy (non-hydrogen) atoms. The molecular formula is C17H27NO. The molecule has 0 bridgehead atoms. The maximum absolute atomic E-state index is 6.78. The first-order valence-electron chi connectivity index (χ1n) is 7.30. The molecule has 1 aromatic rings. The minimum Gasteiger partial charge on any atom is -0.496 e. The van der Waals surface area contributed by atoms with Gasteiger partial charge in [-0.2, -0.15) is 0 Å². The number of methoxy groups -OCH3 is 1. The van der Waals surface area contributed by atoms with Crippen molar-refractivity contribution in [1.82, 2.24) is 0 Å². The standard InChI is InChI=1S/C17H27NO/c1-11-6-12(2)10-17(18,9-11)15-7-14(4)16(19-5)8-13(15)3/h7-8,11-12H,6,9-10,18H2,1-5H3. The highest BCUT2D eigenvalue weighted by Gasteiger charge is 2.37. The van der Waals surface area contributed by atoms with Crippen LogP contribution in [-0.2, 0) is 5.54 Å². The van der Waals surface area contributed by atoms with E-state index in [0.29, 0.717) is 11.8 Å². The minimum atomic E-state index is -0.168. The average Bonchev–Trinajstić information content (AvgIpc) is 2.29. The van der Waals surface area contributed by atoms with Crippen molar-refractivity contribution in [2.24, 2.45) is 17.6 Å². The third-order valence-electron chi connectivity index (χ3n) is 4.51. The van der Waals surface area contributed by atoms with E-state index in [0.717, 1.165) is 18.6 Å². The Morgan fingerprint density at radius 3 is 2.21 bits per heavy atom. The van der Waals surface area contributed by atoms with Crippen molar-refractivity contribution in [3.05, 3.63) is 28.8 Å². The zero-order chi connectivity index (χ0) is 14.2. The average molecular weight is 261 g/mol. The van der Waals surface area contributed by atoms with Gasteiger partial charge in [-0.3, -0.25) is 0 Å². The molecule has 0 radical (unpaired) electrons. The van der Waals surface area contributed by atoms with E-state index in [9.17, 15) is 0 Å². The van der Waals surface area contributed by atoms with Gasteiger partial charge in [0.15, 0.2) is 0 Å². The number of nitrogens with two attached hydrogens (primary N) is 1. The van der Waals surface area contributed by atoms with Gasteiger partial charge in [-0.25, -0.2) is 0 Å². The van der Waals surface area contributed by atoms with Crippen LogP contribution >= 0.6 is 0 Å². The second-order valence-corrected chi connectivity index (χ2v) is 6.65. The fraction of sp³-hybridized carbons (Fsp3) is 0.647. The minimum absolute atomic E-state index is 0.168. The van der Waals surface area contributed by atoms with Crippen LogP contribution in [0.15, 0.2) is 12.1 Å². The third-order valence-corrected chi connectivity index (χ3v) is 4.51. The Morgan fingerprint density at radius 1 is 1.11 bits per heavy atom. The van der Waals surface area contributed by atoms with Gasteiger partial charge in [-0.15, -0.1) is 0 Å². The van der Waals surface area contributed by atoms with Crippen molar-refractivity contribution in [2.45, 2.75) is 52.5 Å². The molecule has 1 saturated carbocycles. The molecule has 2 atom stereocenters. The first-order chi connectivity index (χ1) is 8.85. The van der Waals surface area contributed by atoms with Crippen LogP contribution in [0.25, 0.3) is 0 Å². The molecule has 1 aliphatic rings. The Bertz CT molecular complexity index is 457. The van der Waals surface area contributed by atoms with Crippen LogP contribution in [-0.4, -0.2) is 7.11 Å². The fourth-order valence-electron chi connectivity index (χ4n) is 3.95. The highest BCUT2D eigenvalue weighted by Crippen LogP contribution is 2.42. The van der Waals surface area contributed by atoms with Gasteiger partial charge in [0.25, 0.3) is 0 Å². The quantitative estimate of drug-likeness (QED) is 0.875. The van der Waals surface area contributed by atoms with Crippen molar-refractivity contribution >= 4 is 0 Å². The van der Waals surface area contributed by atoms with E-state index in [-0.39, 0.29) is 5.54 Å². The predicted molar refractivity (Wildman–Crippen MR) is 80.5 cm³/mol. The molecule has 2 N–H and O–H groups in total. The summed E-state index contributed by atoms with van der Waals surface area (Å²) in [5.74, 6) is 2.37. The van der Waals surface area contributed by atoms with Gasteiger partial charge >= 0.3 is 0 Å². The molecule has 0 spiro atoms. The largest absolute Gasteiger partial charge is 0.496 e. The van der Waals surface area contributed by atoms with Crippen molar-refractivity contribution in [1.29, 1.82) is 0 Å². The number of aryl methyl sites for hydroxylation is 2. The van der Waals surface area contributed by atoms with Crippen LogP contribution in [0.5, 0.6) is 5.75 Å². The number of ether oxygens (including phenoxy) is 1. The molecule has 1 aliphatic carbocycles. The highest BCUT2D eigenvalue weighted by atomic mass is 16.5. The summed E-state index contributed by atoms with van der Waals surface area (Å²) in [4.78, 5) is 0. The lowest BCUT2D eigenvalue weighted by molar-refractivity contribution is 0.183. The Hall–Kier alpha value is -1.02. The van der Waals surface area contributed by atoms with Crippen LogP contribution in [0.2, 0.25) is 0 Å². The van der Waals surface area contributed by atoms with Crippen LogP contribution < -0.4 is 10.5 Å². The van der Waals surface area contributed by atoms with Gasteiger partial charge in [0.2, 0.25) is 0 Å². The predicted octanol–water partition coefficient (Wildman–Crippen LogP) is 3.92. The summed E-state index contributed by atoms with van der Waals surface area (Å²) in [6.07, 6.45) is 3.47. The second kappa shape index (κ2) is 5.16. The Morgan fingerprint density at radius 2 is 1.68 bits per heavy atom. The molecule has 0 aromatic heterocycles. The lowest BCUT2D eigenvalue weighted by Crippen LogP contribution is -2.44. The Kier molecular flexibility index (Phi) is 3.91. The normalized spacial score (nSPS) is 31.3. The molecule has 2 heteroatoms. The van der Waals surface area contributed by atoms with E-state index < -0.39 is 0 Å².